The Morgan fingerprint density at radius 3 is 2.42 bits per heavy atom. The van der Waals surface area contributed by atoms with Crippen molar-refractivity contribution in [2.75, 3.05) is 19.7 Å². The lowest BCUT2D eigenvalue weighted by atomic mass is 9.93. The molecule has 4 nitrogen and oxygen atoms in total. The second kappa shape index (κ2) is 11.6. The van der Waals surface area contributed by atoms with Crippen LogP contribution >= 0.6 is 23.2 Å². The van der Waals surface area contributed by atoms with Crippen LogP contribution in [0.4, 0.5) is 0 Å². The smallest absolute Gasteiger partial charge is 0.250 e. The Balaban J connectivity index is 1.22. The van der Waals surface area contributed by atoms with E-state index in [0.717, 1.165) is 44.3 Å². The molecule has 0 unspecified atom stereocenters. The minimum Gasteiger partial charge on any atom is -0.490 e. The lowest BCUT2D eigenvalue weighted by molar-refractivity contribution is -0.128. The van der Waals surface area contributed by atoms with Crippen LogP contribution in [0.15, 0.2) is 66.2 Å². The fraction of sp³-hybridized carbons (Fsp3) is 0.382. The molecule has 1 saturated carbocycles. The lowest BCUT2D eigenvalue weighted by Gasteiger charge is -2.27. The van der Waals surface area contributed by atoms with Gasteiger partial charge in [-0.15, -0.1) is 0 Å². The van der Waals surface area contributed by atoms with Gasteiger partial charge in [-0.2, -0.15) is 0 Å². The van der Waals surface area contributed by atoms with Crippen molar-refractivity contribution in [3.63, 3.8) is 0 Å². The third-order valence-corrected chi connectivity index (χ3v) is 9.49. The molecular formula is C34H36Cl2N2O2. The monoisotopic (exact) mass is 574 g/mol. The van der Waals surface area contributed by atoms with E-state index in [4.69, 9.17) is 27.9 Å². The van der Waals surface area contributed by atoms with Crippen LogP contribution in [-0.4, -0.2) is 36.5 Å². The van der Waals surface area contributed by atoms with Crippen molar-refractivity contribution in [1.29, 1.82) is 0 Å². The number of benzene rings is 3. The molecule has 1 N–H and O–H groups in total. The van der Waals surface area contributed by atoms with Gasteiger partial charge in [-0.05, 0) is 91.1 Å². The maximum absolute atomic E-state index is 14.4. The zero-order valence-corrected chi connectivity index (χ0v) is 24.7. The maximum atomic E-state index is 14.4. The summed E-state index contributed by atoms with van der Waals surface area (Å²) in [7, 11) is 0. The van der Waals surface area contributed by atoms with Gasteiger partial charge in [-0.25, -0.2) is 0 Å². The lowest BCUT2D eigenvalue weighted by Crippen LogP contribution is -2.36. The summed E-state index contributed by atoms with van der Waals surface area (Å²) in [5.74, 6) is 1.55. The van der Waals surface area contributed by atoms with E-state index >= 15 is 0 Å². The van der Waals surface area contributed by atoms with Crippen molar-refractivity contribution in [3.8, 4) is 5.75 Å². The summed E-state index contributed by atoms with van der Waals surface area (Å²) in [6.07, 6.45) is 3.89. The molecule has 6 rings (SSSR count). The van der Waals surface area contributed by atoms with Crippen molar-refractivity contribution in [2.45, 2.75) is 52.1 Å². The molecule has 0 bridgehead atoms. The molecule has 1 heterocycles. The predicted octanol–water partition coefficient (Wildman–Crippen LogP) is 7.42. The second-order valence-electron chi connectivity index (χ2n) is 11.5. The van der Waals surface area contributed by atoms with Crippen molar-refractivity contribution >= 4 is 34.7 Å². The zero-order chi connectivity index (χ0) is 27.8. The number of para-hydroxylation sites is 1. The number of rotatable bonds is 9. The molecule has 40 heavy (non-hydrogen) atoms. The number of fused-ring (bicyclic) bond motifs is 1. The Hall–Kier alpha value is -2.79. The zero-order valence-electron chi connectivity index (χ0n) is 23.2. The molecule has 0 aromatic heterocycles. The van der Waals surface area contributed by atoms with Crippen LogP contribution < -0.4 is 10.1 Å². The Bertz CT molecular complexity index is 1420. The summed E-state index contributed by atoms with van der Waals surface area (Å²) in [5.41, 5.74) is 8.44. The number of hydrogen-bond donors (Lipinski definition) is 1. The minimum absolute atomic E-state index is 0.240. The third-order valence-electron chi connectivity index (χ3n) is 8.90. The van der Waals surface area contributed by atoms with Gasteiger partial charge >= 0.3 is 0 Å². The van der Waals surface area contributed by atoms with Gasteiger partial charge in [0.15, 0.2) is 5.75 Å². The van der Waals surface area contributed by atoms with E-state index in [9.17, 15) is 4.79 Å². The van der Waals surface area contributed by atoms with Crippen LogP contribution in [0.25, 0.3) is 5.57 Å². The molecule has 0 spiro atoms. The average molecular weight is 576 g/mol. The first-order chi connectivity index (χ1) is 19.4. The number of aryl methyl sites for hydroxylation is 1. The van der Waals surface area contributed by atoms with E-state index in [1.807, 2.05) is 6.07 Å². The van der Waals surface area contributed by atoms with Gasteiger partial charge in [-0.1, -0.05) is 71.7 Å². The highest BCUT2D eigenvalue weighted by Crippen LogP contribution is 2.46. The van der Waals surface area contributed by atoms with Gasteiger partial charge in [0, 0.05) is 37.0 Å². The molecule has 1 saturated heterocycles. The normalized spacial score (nSPS) is 20.1. The fourth-order valence-corrected chi connectivity index (χ4v) is 6.79. The molecule has 0 radical (unpaired) electrons. The number of nitrogens with one attached hydrogen (secondary N) is 1. The van der Waals surface area contributed by atoms with Crippen LogP contribution in [-0.2, 0) is 17.8 Å². The van der Waals surface area contributed by atoms with E-state index in [2.05, 4.69) is 66.5 Å². The molecule has 3 aliphatic rings. The summed E-state index contributed by atoms with van der Waals surface area (Å²) in [4.78, 5) is 16.5. The van der Waals surface area contributed by atoms with Crippen molar-refractivity contribution in [1.82, 2.24) is 10.2 Å². The first-order valence-corrected chi connectivity index (χ1v) is 15.1. The highest BCUT2D eigenvalue weighted by atomic mass is 35.5. The third kappa shape index (κ3) is 5.54. The molecule has 2 fully saturated rings. The Morgan fingerprint density at radius 2 is 1.70 bits per heavy atom. The molecule has 3 aromatic carbocycles. The Morgan fingerprint density at radius 1 is 0.975 bits per heavy atom. The number of carbonyl (C=O) groups excluding carboxylic acids is 1. The number of nitrogens with zero attached hydrogens (tertiary/aromatic N) is 1. The van der Waals surface area contributed by atoms with Crippen LogP contribution in [0.1, 0.15) is 47.1 Å². The van der Waals surface area contributed by atoms with Gasteiger partial charge in [0.1, 0.15) is 0 Å². The van der Waals surface area contributed by atoms with Crippen molar-refractivity contribution in [2.24, 2.45) is 11.8 Å². The standard InChI is InChI=1S/C34H36Cl2N2O2/c1-21-5-3-6-25(22(21)2)20-38(27-13-14-27)34(39)32-28(17-26-18-37-19-29(26)32)24-11-9-23(10-12-24)15-16-40-33-30(35)7-4-8-31(33)36/h3-12,26-27,29,37H,13-20H2,1-2H3/t26-,29+/m0/s1. The quantitative estimate of drug-likeness (QED) is 0.289. The van der Waals surface area contributed by atoms with E-state index in [1.165, 1.54) is 33.4 Å². The summed E-state index contributed by atoms with van der Waals surface area (Å²) >= 11 is 12.5. The van der Waals surface area contributed by atoms with Gasteiger partial charge in [-0.3, -0.25) is 4.79 Å². The van der Waals surface area contributed by atoms with E-state index in [0.29, 0.717) is 40.9 Å². The van der Waals surface area contributed by atoms with Crippen LogP contribution in [0, 0.1) is 25.7 Å². The Kier molecular flexibility index (Phi) is 7.94. The van der Waals surface area contributed by atoms with Crippen molar-refractivity contribution < 1.29 is 9.53 Å². The molecule has 1 amide bonds. The number of amides is 1. The number of ether oxygens (including phenoxy) is 1. The van der Waals surface area contributed by atoms with E-state index < -0.39 is 0 Å². The molecule has 208 valence electrons. The molecule has 1 aliphatic heterocycles. The van der Waals surface area contributed by atoms with Gasteiger partial charge in [0.2, 0.25) is 0 Å². The van der Waals surface area contributed by atoms with Crippen LogP contribution in [0.3, 0.4) is 0 Å². The average Bonchev–Trinajstić information content (AvgIpc) is 3.57. The minimum atomic E-state index is 0.240. The number of allylic oxidation sites excluding steroid dienone is 1. The van der Waals surface area contributed by atoms with Crippen LogP contribution in [0.5, 0.6) is 5.75 Å². The summed E-state index contributed by atoms with van der Waals surface area (Å²) < 4.78 is 5.89. The predicted molar refractivity (Wildman–Crippen MR) is 163 cm³/mol. The molecule has 2 aliphatic carbocycles. The fourth-order valence-electron chi connectivity index (χ4n) is 6.28. The van der Waals surface area contributed by atoms with Gasteiger partial charge in [0.25, 0.3) is 5.91 Å². The SMILES string of the molecule is Cc1cccc(CN(C(=O)C2=C(c3ccc(CCOc4c(Cl)cccc4Cl)cc3)C[C@H]3CNC[C@@H]23)C2CC2)c1C. The summed E-state index contributed by atoms with van der Waals surface area (Å²) in [6.45, 7) is 7.36. The topological polar surface area (TPSA) is 41.6 Å². The number of carbonyl (C=O) groups is 1. The maximum Gasteiger partial charge on any atom is 0.250 e. The summed E-state index contributed by atoms with van der Waals surface area (Å²) in [5, 5.41) is 4.59. The largest absolute Gasteiger partial charge is 0.490 e. The molecule has 6 heteroatoms. The van der Waals surface area contributed by atoms with Gasteiger partial charge < -0.3 is 15.0 Å². The highest BCUT2D eigenvalue weighted by molar-refractivity contribution is 6.37. The number of hydrogen-bond acceptors (Lipinski definition) is 3. The van der Waals surface area contributed by atoms with Crippen molar-refractivity contribution in [3.05, 3.63) is 104 Å². The Labute approximate surface area is 247 Å². The highest BCUT2D eigenvalue weighted by Gasteiger charge is 2.44. The van der Waals surface area contributed by atoms with Gasteiger partial charge in [0.05, 0.1) is 16.7 Å². The molecule has 3 aromatic rings. The first-order valence-electron chi connectivity index (χ1n) is 14.4. The van der Waals surface area contributed by atoms with E-state index in [-0.39, 0.29) is 11.8 Å². The van der Waals surface area contributed by atoms with E-state index in [1.54, 1.807) is 12.1 Å². The van der Waals surface area contributed by atoms with Crippen LogP contribution in [0.2, 0.25) is 10.0 Å². The first kappa shape index (κ1) is 27.4. The molecule has 2 atom stereocenters. The molecular weight excluding hydrogens is 539 g/mol. The second-order valence-corrected chi connectivity index (χ2v) is 12.3. The number of halogens is 2. The summed E-state index contributed by atoms with van der Waals surface area (Å²) in [6, 6.07) is 20.8.